The van der Waals surface area contributed by atoms with E-state index < -0.39 is 40.1 Å². The van der Waals surface area contributed by atoms with E-state index in [1.54, 1.807) is 54.6 Å². The Hall–Kier alpha value is -3.48. The van der Waals surface area contributed by atoms with Crippen molar-refractivity contribution in [3.05, 3.63) is 65.7 Å². The summed E-state index contributed by atoms with van der Waals surface area (Å²) in [6.45, 7) is 0.0573. The van der Waals surface area contributed by atoms with Gasteiger partial charge < -0.3 is 26.0 Å². The first-order valence-corrected chi connectivity index (χ1v) is 13.3. The van der Waals surface area contributed by atoms with Gasteiger partial charge in [0, 0.05) is 12.2 Å². The molecule has 1 unspecified atom stereocenters. The first kappa shape index (κ1) is 25.6. The number of piperidine rings is 1. The molecule has 11 nitrogen and oxygen atoms in total. The number of nitrogens with zero attached hydrogens (tertiary/aromatic N) is 2. The van der Waals surface area contributed by atoms with E-state index in [2.05, 4.69) is 10.0 Å². The van der Waals surface area contributed by atoms with Crippen LogP contribution in [0.5, 0.6) is 0 Å². The fourth-order valence-electron chi connectivity index (χ4n) is 4.65. The second-order valence-corrected chi connectivity index (χ2v) is 10.7. The van der Waals surface area contributed by atoms with Gasteiger partial charge in [0.1, 0.15) is 18.8 Å². The average Bonchev–Trinajstić information content (AvgIpc) is 2.83. The molecule has 1 fully saturated rings. The van der Waals surface area contributed by atoms with Crippen LogP contribution in [0.25, 0.3) is 0 Å². The van der Waals surface area contributed by atoms with Crippen LogP contribution in [0.1, 0.15) is 24.0 Å². The van der Waals surface area contributed by atoms with E-state index in [0.29, 0.717) is 30.6 Å². The molecule has 0 radical (unpaired) electrons. The number of likely N-dealkylation sites (tertiary alicyclic amines) is 1. The van der Waals surface area contributed by atoms with Gasteiger partial charge in [-0.05, 0) is 36.5 Å². The number of hydrogen-bond acceptors (Lipinski definition) is 6. The Kier molecular flexibility index (Phi) is 7.57. The third-order valence-corrected chi connectivity index (χ3v) is 7.70. The number of carbonyl (C=O) groups is 2. The van der Waals surface area contributed by atoms with E-state index in [9.17, 15) is 23.1 Å². The molecule has 2 amide bonds. The van der Waals surface area contributed by atoms with Crippen molar-refractivity contribution in [3.8, 4) is 0 Å². The number of amides is 2. The maximum absolute atomic E-state index is 13.4. The summed E-state index contributed by atoms with van der Waals surface area (Å²) in [5, 5.41) is 20.8. The molecule has 2 aromatic carbocycles. The normalized spacial score (nSPS) is 22.1. The molecule has 4 rings (SSSR count). The van der Waals surface area contributed by atoms with Crippen molar-refractivity contribution >= 4 is 33.5 Å². The second kappa shape index (κ2) is 10.6. The van der Waals surface area contributed by atoms with Gasteiger partial charge in [-0.25, -0.2) is 13.1 Å². The van der Waals surface area contributed by atoms with Crippen LogP contribution in [-0.4, -0.2) is 67.6 Å². The van der Waals surface area contributed by atoms with Crippen LogP contribution in [0, 0.1) is 5.41 Å². The molecule has 2 aliphatic rings. The fraction of sp³-hybridized carbons (Fsp3) is 0.375. The van der Waals surface area contributed by atoms with Crippen molar-refractivity contribution < 1.29 is 23.1 Å². The zero-order valence-corrected chi connectivity index (χ0v) is 20.4. The highest BCUT2D eigenvalue weighted by Crippen LogP contribution is 2.28. The highest BCUT2D eigenvalue weighted by molar-refractivity contribution is 7.88. The minimum atomic E-state index is -3.83. The lowest BCUT2D eigenvalue weighted by molar-refractivity contribution is -0.126. The fourth-order valence-corrected chi connectivity index (χ4v) is 5.99. The van der Waals surface area contributed by atoms with Crippen molar-refractivity contribution in [3.63, 3.8) is 0 Å². The standard InChI is InChI=1S/C24H30N6O5S/c25-24(26)29-12-6-10-18(22(29)32)27-21(31)14-30-20-11-5-4-9-17(20)13-19(23(30)33)28-36(34,35)15-16-7-2-1-3-8-16/h1-5,7-9,11,18-19,22,28,32H,6,10,12-15H2,(H3,25,26)(H,27,31)/t18-,19-,22?/m0/s1. The second-order valence-electron chi connectivity index (χ2n) is 8.98. The van der Waals surface area contributed by atoms with E-state index in [0.717, 1.165) is 5.56 Å². The number of para-hydroxylation sites is 1. The average molecular weight is 515 g/mol. The van der Waals surface area contributed by atoms with Gasteiger partial charge in [0.05, 0.1) is 11.8 Å². The molecule has 0 saturated carbocycles. The van der Waals surface area contributed by atoms with Gasteiger partial charge >= 0.3 is 0 Å². The van der Waals surface area contributed by atoms with Crippen LogP contribution in [0.4, 0.5) is 5.69 Å². The smallest absolute Gasteiger partial charge is 0.245 e. The first-order valence-electron chi connectivity index (χ1n) is 11.7. The van der Waals surface area contributed by atoms with Crippen LogP contribution in [0.3, 0.4) is 0 Å². The summed E-state index contributed by atoms with van der Waals surface area (Å²) in [7, 11) is -3.83. The van der Waals surface area contributed by atoms with Crippen LogP contribution < -0.4 is 20.7 Å². The van der Waals surface area contributed by atoms with Gasteiger partial charge in [0.15, 0.2) is 5.96 Å². The third kappa shape index (κ3) is 5.83. The minimum absolute atomic E-state index is 0.163. The minimum Gasteiger partial charge on any atom is -0.371 e. The zero-order valence-electron chi connectivity index (χ0n) is 19.6. The molecule has 0 aliphatic carbocycles. The molecule has 192 valence electrons. The van der Waals surface area contributed by atoms with Gasteiger partial charge in [-0.1, -0.05) is 48.5 Å². The maximum Gasteiger partial charge on any atom is 0.245 e. The molecule has 0 aromatic heterocycles. The highest BCUT2D eigenvalue weighted by Gasteiger charge is 2.37. The van der Waals surface area contributed by atoms with E-state index in [1.807, 2.05) is 0 Å². The van der Waals surface area contributed by atoms with E-state index in [4.69, 9.17) is 11.1 Å². The number of rotatable bonds is 7. The lowest BCUT2D eigenvalue weighted by atomic mass is 9.97. The summed E-state index contributed by atoms with van der Waals surface area (Å²) < 4.78 is 28.1. The number of fused-ring (bicyclic) bond motifs is 1. The molecule has 2 heterocycles. The van der Waals surface area contributed by atoms with Gasteiger partial charge in [0.25, 0.3) is 0 Å². The SMILES string of the molecule is N=C(N)N1CCC[C@H](NC(=O)CN2C(=O)[C@@H](NS(=O)(=O)Cc3ccccc3)Cc3ccccc32)C1O. The van der Waals surface area contributed by atoms with Crippen molar-refractivity contribution in [2.75, 3.05) is 18.0 Å². The molecule has 36 heavy (non-hydrogen) atoms. The van der Waals surface area contributed by atoms with Crippen LogP contribution in [0.15, 0.2) is 54.6 Å². The van der Waals surface area contributed by atoms with Crippen molar-refractivity contribution in [1.29, 1.82) is 5.41 Å². The molecule has 3 atom stereocenters. The molecule has 0 bridgehead atoms. The van der Waals surface area contributed by atoms with Crippen LogP contribution in [-0.2, 0) is 31.8 Å². The molecule has 12 heteroatoms. The molecular formula is C24H30N6O5S. The van der Waals surface area contributed by atoms with E-state index >= 15 is 0 Å². The Morgan fingerprint density at radius 2 is 1.83 bits per heavy atom. The number of nitrogens with one attached hydrogen (secondary N) is 3. The number of aliphatic hydroxyl groups excluding tert-OH is 1. The lowest BCUT2D eigenvalue weighted by Gasteiger charge is -2.39. The molecule has 1 saturated heterocycles. The highest BCUT2D eigenvalue weighted by atomic mass is 32.2. The molecular weight excluding hydrogens is 484 g/mol. The van der Waals surface area contributed by atoms with Crippen molar-refractivity contribution in [1.82, 2.24) is 14.9 Å². The van der Waals surface area contributed by atoms with Gasteiger partial charge in [-0.3, -0.25) is 15.0 Å². The zero-order chi connectivity index (χ0) is 25.9. The maximum atomic E-state index is 13.4. The summed E-state index contributed by atoms with van der Waals surface area (Å²) in [6.07, 6.45) is 0.124. The number of aliphatic hydroxyl groups is 1. The van der Waals surface area contributed by atoms with E-state index in [-0.39, 0.29) is 24.7 Å². The predicted octanol–water partition coefficient (Wildman–Crippen LogP) is -0.144. The van der Waals surface area contributed by atoms with Crippen molar-refractivity contribution in [2.45, 2.75) is 43.3 Å². The molecule has 2 aromatic rings. The first-order chi connectivity index (χ1) is 17.1. The third-order valence-electron chi connectivity index (χ3n) is 6.34. The topological polar surface area (TPSA) is 169 Å². The number of sulfonamides is 1. The molecule has 2 aliphatic heterocycles. The van der Waals surface area contributed by atoms with Crippen LogP contribution >= 0.6 is 0 Å². The van der Waals surface area contributed by atoms with Gasteiger partial charge in [-0.15, -0.1) is 0 Å². The number of carbonyl (C=O) groups excluding carboxylic acids is 2. The Morgan fingerprint density at radius 1 is 1.14 bits per heavy atom. The number of guanidine groups is 1. The monoisotopic (exact) mass is 514 g/mol. The summed E-state index contributed by atoms with van der Waals surface area (Å²) in [5.41, 5.74) is 7.37. The summed E-state index contributed by atoms with van der Waals surface area (Å²) in [4.78, 5) is 28.9. The Morgan fingerprint density at radius 3 is 2.56 bits per heavy atom. The van der Waals surface area contributed by atoms with Crippen LogP contribution in [0.2, 0.25) is 0 Å². The number of nitrogens with two attached hydrogens (primary N) is 1. The van der Waals surface area contributed by atoms with E-state index in [1.165, 1.54) is 9.80 Å². The van der Waals surface area contributed by atoms with Crippen molar-refractivity contribution in [2.24, 2.45) is 5.73 Å². The lowest BCUT2D eigenvalue weighted by Crippen LogP contribution is -2.60. The number of benzene rings is 2. The Bertz CT molecular complexity index is 1240. The predicted molar refractivity (Wildman–Crippen MR) is 134 cm³/mol. The largest absolute Gasteiger partial charge is 0.371 e. The number of anilines is 1. The molecule has 0 spiro atoms. The summed E-state index contributed by atoms with van der Waals surface area (Å²) in [6, 6.07) is 14.0. The Balaban J connectivity index is 1.48. The summed E-state index contributed by atoms with van der Waals surface area (Å²) >= 11 is 0. The Labute approximate surface area is 209 Å². The quantitative estimate of drug-likeness (QED) is 0.253. The van der Waals surface area contributed by atoms with Gasteiger partial charge in [0.2, 0.25) is 21.8 Å². The summed E-state index contributed by atoms with van der Waals surface area (Å²) in [5.74, 6) is -1.60. The molecule has 6 N–H and O–H groups in total. The number of hydrogen-bond donors (Lipinski definition) is 5. The van der Waals surface area contributed by atoms with Gasteiger partial charge in [-0.2, -0.15) is 0 Å².